The number of amides is 1. The van der Waals surface area contributed by atoms with Crippen LogP contribution in [0.2, 0.25) is 0 Å². The fraction of sp³-hybridized carbons (Fsp3) is 0.471. The maximum atomic E-state index is 12.5. The fourth-order valence-corrected chi connectivity index (χ4v) is 4.90. The number of nitrogens with one attached hydrogen (secondary N) is 2. The summed E-state index contributed by atoms with van der Waals surface area (Å²) in [4.78, 5) is 12.8. The fourth-order valence-electron chi connectivity index (χ4n) is 2.92. The van der Waals surface area contributed by atoms with Crippen molar-refractivity contribution in [2.75, 3.05) is 11.9 Å². The first kappa shape index (κ1) is 17.5. The summed E-state index contributed by atoms with van der Waals surface area (Å²) in [5.74, 6) is -0.0979. The van der Waals surface area contributed by atoms with Crippen LogP contribution in [0.15, 0.2) is 39.6 Å². The monoisotopic (exact) mass is 366 g/mol. The van der Waals surface area contributed by atoms with Gasteiger partial charge in [0, 0.05) is 11.4 Å². The Hall–Kier alpha value is -1.31. The summed E-state index contributed by atoms with van der Waals surface area (Å²) in [5.41, 5.74) is 1.91. The number of sulfonamides is 1. The molecular formula is C17H22N2O3S2. The van der Waals surface area contributed by atoms with Gasteiger partial charge in [-0.3, -0.25) is 4.79 Å². The van der Waals surface area contributed by atoms with E-state index in [1.807, 2.05) is 6.92 Å². The summed E-state index contributed by atoms with van der Waals surface area (Å²) in [6, 6.07) is 4.89. The number of rotatable bonds is 5. The zero-order valence-electron chi connectivity index (χ0n) is 13.7. The first-order valence-corrected chi connectivity index (χ1v) is 10.6. The minimum Gasteiger partial charge on any atom is -0.324 e. The molecule has 1 heterocycles. The Bertz CT molecular complexity index is 772. The first-order chi connectivity index (χ1) is 11.5. The molecule has 2 N–H and O–H groups in total. The van der Waals surface area contributed by atoms with Crippen molar-refractivity contribution in [1.82, 2.24) is 4.72 Å². The second kappa shape index (κ2) is 7.29. The SMILES string of the molecule is CC1Sc2ccc(S(=O)(=O)NCCC3=CCCCC3)cc2NC1=O. The van der Waals surface area contributed by atoms with Crippen LogP contribution in [0.25, 0.3) is 0 Å². The summed E-state index contributed by atoms with van der Waals surface area (Å²) in [6.45, 7) is 2.23. The molecule has 1 aromatic rings. The second-order valence-corrected chi connectivity index (χ2v) is 9.31. The van der Waals surface area contributed by atoms with Crippen molar-refractivity contribution in [3.63, 3.8) is 0 Å². The molecule has 24 heavy (non-hydrogen) atoms. The van der Waals surface area contributed by atoms with Crippen LogP contribution in [-0.2, 0) is 14.8 Å². The number of anilines is 1. The predicted octanol–water partition coefficient (Wildman–Crippen LogP) is 3.29. The van der Waals surface area contributed by atoms with Crippen molar-refractivity contribution in [2.45, 2.75) is 54.1 Å². The zero-order chi connectivity index (χ0) is 17.2. The first-order valence-electron chi connectivity index (χ1n) is 8.25. The molecule has 0 aromatic heterocycles. The Balaban J connectivity index is 1.67. The Labute approximate surface area is 147 Å². The van der Waals surface area contributed by atoms with E-state index in [4.69, 9.17) is 0 Å². The van der Waals surface area contributed by atoms with Gasteiger partial charge in [-0.05, 0) is 57.2 Å². The minimum atomic E-state index is -3.56. The van der Waals surface area contributed by atoms with Crippen molar-refractivity contribution >= 4 is 33.4 Å². The van der Waals surface area contributed by atoms with Gasteiger partial charge in [0.15, 0.2) is 0 Å². The van der Waals surface area contributed by atoms with Gasteiger partial charge in [0.25, 0.3) is 0 Å². The number of hydrogen-bond donors (Lipinski definition) is 2. The molecule has 130 valence electrons. The molecule has 0 spiro atoms. The molecule has 0 radical (unpaired) electrons. The molecule has 1 amide bonds. The molecule has 5 nitrogen and oxygen atoms in total. The van der Waals surface area contributed by atoms with E-state index in [1.165, 1.54) is 36.2 Å². The lowest BCUT2D eigenvalue weighted by molar-refractivity contribution is -0.115. The van der Waals surface area contributed by atoms with Crippen LogP contribution in [0, 0.1) is 0 Å². The van der Waals surface area contributed by atoms with Crippen LogP contribution >= 0.6 is 11.8 Å². The third kappa shape index (κ3) is 4.02. The third-order valence-corrected chi connectivity index (χ3v) is 6.95. The molecule has 1 aliphatic carbocycles. The van der Waals surface area contributed by atoms with Crippen molar-refractivity contribution in [3.05, 3.63) is 29.8 Å². The van der Waals surface area contributed by atoms with Gasteiger partial charge in [-0.1, -0.05) is 11.6 Å². The smallest absolute Gasteiger partial charge is 0.240 e. The van der Waals surface area contributed by atoms with Gasteiger partial charge >= 0.3 is 0 Å². The highest BCUT2D eigenvalue weighted by Gasteiger charge is 2.25. The topological polar surface area (TPSA) is 75.3 Å². The van der Waals surface area contributed by atoms with Gasteiger partial charge in [-0.15, -0.1) is 11.8 Å². The molecule has 2 aliphatic rings. The molecule has 0 bridgehead atoms. The number of thioether (sulfide) groups is 1. The summed E-state index contributed by atoms with van der Waals surface area (Å²) in [7, 11) is -3.56. The van der Waals surface area contributed by atoms with E-state index >= 15 is 0 Å². The summed E-state index contributed by atoms with van der Waals surface area (Å²) >= 11 is 1.44. The van der Waals surface area contributed by atoms with E-state index in [1.54, 1.807) is 12.1 Å². The second-order valence-electron chi connectivity index (χ2n) is 6.16. The summed E-state index contributed by atoms with van der Waals surface area (Å²) in [6.07, 6.45) is 7.58. The largest absolute Gasteiger partial charge is 0.324 e. The van der Waals surface area contributed by atoms with Crippen LogP contribution in [-0.4, -0.2) is 26.1 Å². The van der Waals surface area contributed by atoms with Gasteiger partial charge in [-0.2, -0.15) is 0 Å². The molecule has 1 unspecified atom stereocenters. The summed E-state index contributed by atoms with van der Waals surface area (Å²) < 4.78 is 27.6. The van der Waals surface area contributed by atoms with Gasteiger partial charge in [0.2, 0.25) is 15.9 Å². The molecule has 7 heteroatoms. The Morgan fingerprint density at radius 2 is 2.17 bits per heavy atom. The lowest BCUT2D eigenvalue weighted by Crippen LogP contribution is -2.28. The Morgan fingerprint density at radius 3 is 2.92 bits per heavy atom. The number of carbonyl (C=O) groups is 1. The highest BCUT2D eigenvalue weighted by Crippen LogP contribution is 2.36. The van der Waals surface area contributed by atoms with Crippen molar-refractivity contribution in [1.29, 1.82) is 0 Å². The van der Waals surface area contributed by atoms with E-state index in [2.05, 4.69) is 16.1 Å². The molecule has 3 rings (SSSR count). The average molecular weight is 367 g/mol. The van der Waals surface area contributed by atoms with E-state index in [0.717, 1.165) is 24.2 Å². The summed E-state index contributed by atoms with van der Waals surface area (Å²) in [5, 5.41) is 2.60. The van der Waals surface area contributed by atoms with Crippen LogP contribution in [0.5, 0.6) is 0 Å². The van der Waals surface area contributed by atoms with Crippen LogP contribution in [0.1, 0.15) is 39.0 Å². The number of allylic oxidation sites excluding steroid dienone is 1. The number of carbonyl (C=O) groups excluding carboxylic acids is 1. The van der Waals surface area contributed by atoms with E-state index in [0.29, 0.717) is 12.2 Å². The maximum absolute atomic E-state index is 12.5. The third-order valence-electron chi connectivity index (χ3n) is 4.32. The predicted molar refractivity (Wildman–Crippen MR) is 96.7 cm³/mol. The maximum Gasteiger partial charge on any atom is 0.240 e. The molecule has 1 aliphatic heterocycles. The van der Waals surface area contributed by atoms with Gasteiger partial charge < -0.3 is 5.32 Å². The highest BCUT2D eigenvalue weighted by molar-refractivity contribution is 8.01. The molecule has 1 aromatic carbocycles. The van der Waals surface area contributed by atoms with E-state index in [-0.39, 0.29) is 16.1 Å². The van der Waals surface area contributed by atoms with Crippen LogP contribution in [0.3, 0.4) is 0 Å². The van der Waals surface area contributed by atoms with E-state index in [9.17, 15) is 13.2 Å². The van der Waals surface area contributed by atoms with Crippen molar-refractivity contribution in [3.8, 4) is 0 Å². The number of benzene rings is 1. The zero-order valence-corrected chi connectivity index (χ0v) is 15.3. The van der Waals surface area contributed by atoms with Crippen LogP contribution in [0.4, 0.5) is 5.69 Å². The Kier molecular flexibility index (Phi) is 5.32. The van der Waals surface area contributed by atoms with E-state index < -0.39 is 10.0 Å². The molecule has 0 saturated heterocycles. The quantitative estimate of drug-likeness (QED) is 0.784. The highest BCUT2D eigenvalue weighted by atomic mass is 32.2. The lowest BCUT2D eigenvalue weighted by Gasteiger charge is -2.22. The van der Waals surface area contributed by atoms with Gasteiger partial charge in [-0.25, -0.2) is 13.1 Å². The minimum absolute atomic E-state index is 0.0979. The Morgan fingerprint density at radius 1 is 1.33 bits per heavy atom. The average Bonchev–Trinajstić information content (AvgIpc) is 2.56. The van der Waals surface area contributed by atoms with Crippen LogP contribution < -0.4 is 10.0 Å². The number of fused-ring (bicyclic) bond motifs is 1. The normalized spacial score (nSPS) is 21.0. The van der Waals surface area contributed by atoms with Crippen molar-refractivity contribution < 1.29 is 13.2 Å². The molecule has 0 fully saturated rings. The van der Waals surface area contributed by atoms with Gasteiger partial charge in [0.05, 0.1) is 15.8 Å². The molecule has 0 saturated carbocycles. The molecule has 1 atom stereocenters. The van der Waals surface area contributed by atoms with Crippen molar-refractivity contribution in [2.24, 2.45) is 0 Å². The number of hydrogen-bond acceptors (Lipinski definition) is 4. The van der Waals surface area contributed by atoms with Gasteiger partial charge in [0.1, 0.15) is 0 Å². The molecular weight excluding hydrogens is 344 g/mol. The lowest BCUT2D eigenvalue weighted by atomic mass is 9.97. The standard InChI is InChI=1S/C17H22N2O3S2/c1-12-17(20)19-15-11-14(7-8-16(15)23-12)24(21,22)18-10-9-13-5-3-2-4-6-13/h5,7-8,11-12,18H,2-4,6,9-10H2,1H3,(H,19,20).